The minimum Gasteiger partial charge on any atom is -0.389 e. The number of hydrogen-bond donors (Lipinski definition) is 1. The maximum atomic E-state index is 9.82. The van der Waals surface area contributed by atoms with Crippen molar-refractivity contribution in [3.8, 4) is 0 Å². The summed E-state index contributed by atoms with van der Waals surface area (Å²) in [6.07, 6.45) is 2.59. The van der Waals surface area contributed by atoms with Crippen molar-refractivity contribution < 1.29 is 9.84 Å². The number of aromatic nitrogens is 1. The standard InChI is InChI=1S/C14H22N2O2/c1-2-18-11-13(17)10-16-8-6-12(9-16)14-5-3-4-7-15-14/h3-5,7,12-13,17H,2,6,8-11H2,1H3/t12-,13-/m0/s1. The summed E-state index contributed by atoms with van der Waals surface area (Å²) in [5.74, 6) is 0.505. The van der Waals surface area contributed by atoms with Gasteiger partial charge in [0, 0.05) is 37.5 Å². The fourth-order valence-electron chi connectivity index (χ4n) is 2.46. The van der Waals surface area contributed by atoms with E-state index in [-0.39, 0.29) is 6.10 Å². The molecule has 0 radical (unpaired) electrons. The van der Waals surface area contributed by atoms with Crippen LogP contribution in [0.4, 0.5) is 0 Å². The van der Waals surface area contributed by atoms with E-state index in [9.17, 15) is 5.11 Å². The summed E-state index contributed by atoms with van der Waals surface area (Å²) in [7, 11) is 0. The molecule has 2 rings (SSSR count). The van der Waals surface area contributed by atoms with Gasteiger partial charge >= 0.3 is 0 Å². The van der Waals surface area contributed by atoms with E-state index in [4.69, 9.17) is 4.74 Å². The quantitative estimate of drug-likeness (QED) is 0.826. The first-order valence-corrected chi connectivity index (χ1v) is 6.68. The van der Waals surface area contributed by atoms with Gasteiger partial charge in [-0.15, -0.1) is 0 Å². The van der Waals surface area contributed by atoms with Crippen LogP contribution in [0.15, 0.2) is 24.4 Å². The number of rotatable bonds is 6. The second-order valence-electron chi connectivity index (χ2n) is 4.81. The molecule has 100 valence electrons. The van der Waals surface area contributed by atoms with Crippen LogP contribution in [0.1, 0.15) is 25.0 Å². The molecule has 1 N–H and O–H groups in total. The molecule has 18 heavy (non-hydrogen) atoms. The minimum atomic E-state index is -0.382. The summed E-state index contributed by atoms with van der Waals surface area (Å²) in [5.41, 5.74) is 1.17. The third-order valence-corrected chi connectivity index (χ3v) is 3.36. The largest absolute Gasteiger partial charge is 0.389 e. The number of nitrogens with zero attached hydrogens (tertiary/aromatic N) is 2. The van der Waals surface area contributed by atoms with Crippen LogP contribution in [0.25, 0.3) is 0 Å². The minimum absolute atomic E-state index is 0.382. The van der Waals surface area contributed by atoms with Gasteiger partial charge in [0.2, 0.25) is 0 Å². The maximum Gasteiger partial charge on any atom is 0.0900 e. The van der Waals surface area contributed by atoms with Crippen molar-refractivity contribution in [3.05, 3.63) is 30.1 Å². The molecule has 2 heterocycles. The molecule has 4 heteroatoms. The third kappa shape index (κ3) is 3.77. The Morgan fingerprint density at radius 2 is 2.44 bits per heavy atom. The Labute approximate surface area is 109 Å². The van der Waals surface area contributed by atoms with Gasteiger partial charge < -0.3 is 9.84 Å². The van der Waals surface area contributed by atoms with Gasteiger partial charge in [0.15, 0.2) is 0 Å². The molecule has 1 saturated heterocycles. The molecule has 1 fully saturated rings. The van der Waals surface area contributed by atoms with E-state index in [2.05, 4.69) is 16.0 Å². The summed E-state index contributed by atoms with van der Waals surface area (Å²) in [6.45, 7) is 5.75. The second kappa shape index (κ2) is 6.83. The average Bonchev–Trinajstić information content (AvgIpc) is 2.86. The van der Waals surface area contributed by atoms with Gasteiger partial charge in [0.25, 0.3) is 0 Å². The summed E-state index contributed by atoms with van der Waals surface area (Å²) < 4.78 is 5.23. The molecule has 0 spiro atoms. The fraction of sp³-hybridized carbons (Fsp3) is 0.643. The molecule has 0 aliphatic carbocycles. The average molecular weight is 250 g/mol. The molecule has 2 atom stereocenters. The smallest absolute Gasteiger partial charge is 0.0900 e. The lowest BCUT2D eigenvalue weighted by Gasteiger charge is -2.19. The van der Waals surface area contributed by atoms with Gasteiger partial charge in [-0.25, -0.2) is 0 Å². The molecular formula is C14H22N2O2. The molecule has 1 aromatic heterocycles. The molecule has 0 amide bonds. The Morgan fingerprint density at radius 3 is 3.17 bits per heavy atom. The van der Waals surface area contributed by atoms with Crippen LogP contribution in [-0.4, -0.2) is 53.9 Å². The van der Waals surface area contributed by atoms with Crippen molar-refractivity contribution >= 4 is 0 Å². The van der Waals surface area contributed by atoms with E-state index in [1.807, 2.05) is 25.3 Å². The topological polar surface area (TPSA) is 45.6 Å². The highest BCUT2D eigenvalue weighted by Gasteiger charge is 2.25. The van der Waals surface area contributed by atoms with E-state index >= 15 is 0 Å². The van der Waals surface area contributed by atoms with Crippen molar-refractivity contribution in [1.29, 1.82) is 0 Å². The molecule has 0 unspecified atom stereocenters. The van der Waals surface area contributed by atoms with Crippen molar-refractivity contribution in [1.82, 2.24) is 9.88 Å². The predicted molar refractivity (Wildman–Crippen MR) is 70.5 cm³/mol. The number of hydrogen-bond acceptors (Lipinski definition) is 4. The van der Waals surface area contributed by atoms with Crippen LogP contribution in [0.3, 0.4) is 0 Å². The van der Waals surface area contributed by atoms with Gasteiger partial charge in [0.05, 0.1) is 12.7 Å². The van der Waals surface area contributed by atoms with Gasteiger partial charge in [-0.3, -0.25) is 9.88 Å². The van der Waals surface area contributed by atoms with Crippen LogP contribution < -0.4 is 0 Å². The maximum absolute atomic E-state index is 9.82. The highest BCUT2D eigenvalue weighted by molar-refractivity contribution is 5.11. The normalized spacial score (nSPS) is 22.2. The Balaban J connectivity index is 1.78. The summed E-state index contributed by atoms with van der Waals surface area (Å²) >= 11 is 0. The van der Waals surface area contributed by atoms with Gasteiger partial charge in [-0.05, 0) is 32.0 Å². The number of likely N-dealkylation sites (tertiary alicyclic amines) is 1. The summed E-state index contributed by atoms with van der Waals surface area (Å²) in [5, 5.41) is 9.82. The highest BCUT2D eigenvalue weighted by atomic mass is 16.5. The van der Waals surface area contributed by atoms with Crippen molar-refractivity contribution in [2.45, 2.75) is 25.4 Å². The Morgan fingerprint density at radius 1 is 1.56 bits per heavy atom. The molecule has 0 aromatic carbocycles. The third-order valence-electron chi connectivity index (χ3n) is 3.36. The first-order chi connectivity index (χ1) is 8.79. The lowest BCUT2D eigenvalue weighted by molar-refractivity contribution is 0.0250. The molecule has 4 nitrogen and oxygen atoms in total. The van der Waals surface area contributed by atoms with Crippen molar-refractivity contribution in [2.75, 3.05) is 32.8 Å². The van der Waals surface area contributed by atoms with Crippen molar-refractivity contribution in [3.63, 3.8) is 0 Å². The van der Waals surface area contributed by atoms with Crippen LogP contribution in [0.5, 0.6) is 0 Å². The van der Waals surface area contributed by atoms with Crippen LogP contribution in [0, 0.1) is 0 Å². The monoisotopic (exact) mass is 250 g/mol. The van der Waals surface area contributed by atoms with Crippen LogP contribution >= 0.6 is 0 Å². The molecule has 1 aliphatic heterocycles. The molecular weight excluding hydrogens is 228 g/mol. The van der Waals surface area contributed by atoms with E-state index in [0.29, 0.717) is 25.7 Å². The van der Waals surface area contributed by atoms with E-state index in [0.717, 1.165) is 19.5 Å². The Bertz CT molecular complexity index is 345. The SMILES string of the molecule is CCOC[C@@H](O)CN1CC[C@H](c2ccccn2)C1. The lowest BCUT2D eigenvalue weighted by Crippen LogP contribution is -2.33. The molecule has 1 aliphatic rings. The lowest BCUT2D eigenvalue weighted by atomic mass is 10.0. The number of aliphatic hydroxyl groups is 1. The van der Waals surface area contributed by atoms with Gasteiger partial charge in [-0.1, -0.05) is 6.07 Å². The van der Waals surface area contributed by atoms with Crippen molar-refractivity contribution in [2.24, 2.45) is 0 Å². The summed E-state index contributed by atoms with van der Waals surface area (Å²) in [4.78, 5) is 6.70. The molecule has 0 saturated carbocycles. The molecule has 1 aromatic rings. The number of ether oxygens (including phenoxy) is 1. The second-order valence-corrected chi connectivity index (χ2v) is 4.81. The van der Waals surface area contributed by atoms with E-state index in [1.54, 1.807) is 0 Å². The Hall–Kier alpha value is -0.970. The predicted octanol–water partition coefficient (Wildman–Crippen LogP) is 1.27. The van der Waals surface area contributed by atoms with E-state index in [1.165, 1.54) is 5.69 Å². The van der Waals surface area contributed by atoms with Gasteiger partial charge in [0.1, 0.15) is 0 Å². The first-order valence-electron chi connectivity index (χ1n) is 6.68. The number of β-amino-alcohol motifs (C(OH)–C–C–N with tert-alkyl or cyclic N) is 1. The zero-order valence-corrected chi connectivity index (χ0v) is 11.0. The van der Waals surface area contributed by atoms with E-state index < -0.39 is 0 Å². The summed E-state index contributed by atoms with van der Waals surface area (Å²) in [6, 6.07) is 6.07. The number of aliphatic hydroxyl groups excluding tert-OH is 1. The van der Waals surface area contributed by atoms with Crippen LogP contribution in [-0.2, 0) is 4.74 Å². The number of pyridine rings is 1. The van der Waals surface area contributed by atoms with Gasteiger partial charge in [-0.2, -0.15) is 0 Å². The zero-order valence-electron chi connectivity index (χ0n) is 11.0. The first kappa shape index (κ1) is 13.5. The zero-order chi connectivity index (χ0) is 12.8. The Kier molecular flexibility index (Phi) is 5.11. The highest BCUT2D eigenvalue weighted by Crippen LogP contribution is 2.25. The van der Waals surface area contributed by atoms with Crippen LogP contribution in [0.2, 0.25) is 0 Å². The fourth-order valence-corrected chi connectivity index (χ4v) is 2.46. The molecule has 0 bridgehead atoms.